The van der Waals surface area contributed by atoms with Crippen molar-refractivity contribution >= 4 is 5.91 Å². The first-order valence-corrected chi connectivity index (χ1v) is 9.24. The number of nitrogens with zero attached hydrogens (tertiary/aromatic N) is 2. The van der Waals surface area contributed by atoms with Crippen LogP contribution < -0.4 is 10.1 Å². The molecular formula is C21H27N3O2. The van der Waals surface area contributed by atoms with Crippen molar-refractivity contribution in [2.75, 3.05) is 26.7 Å². The predicted octanol–water partition coefficient (Wildman–Crippen LogP) is 2.66. The van der Waals surface area contributed by atoms with E-state index < -0.39 is 0 Å². The molecule has 1 amide bonds. The third-order valence-electron chi connectivity index (χ3n) is 4.87. The summed E-state index contributed by atoms with van der Waals surface area (Å²) in [7, 11) is 1.64. The molecule has 1 aromatic carbocycles. The van der Waals surface area contributed by atoms with Gasteiger partial charge in [0.2, 0.25) is 5.91 Å². The summed E-state index contributed by atoms with van der Waals surface area (Å²) in [5, 5.41) is 3.11. The highest BCUT2D eigenvalue weighted by atomic mass is 16.5. The Hall–Kier alpha value is -2.40. The van der Waals surface area contributed by atoms with E-state index in [-0.39, 0.29) is 5.91 Å². The van der Waals surface area contributed by atoms with Crippen molar-refractivity contribution in [3.05, 3.63) is 59.9 Å². The Morgan fingerprint density at radius 3 is 2.69 bits per heavy atom. The molecule has 0 radical (unpaired) electrons. The van der Waals surface area contributed by atoms with E-state index in [9.17, 15) is 4.79 Å². The summed E-state index contributed by atoms with van der Waals surface area (Å²) < 4.78 is 5.14. The van der Waals surface area contributed by atoms with Gasteiger partial charge in [-0.1, -0.05) is 12.1 Å². The summed E-state index contributed by atoms with van der Waals surface area (Å²) in [6, 6.07) is 11.8. The van der Waals surface area contributed by atoms with Gasteiger partial charge in [-0.15, -0.1) is 0 Å². The Morgan fingerprint density at radius 1 is 1.19 bits per heavy atom. The van der Waals surface area contributed by atoms with Gasteiger partial charge in [-0.25, -0.2) is 0 Å². The molecule has 3 rings (SSSR count). The molecule has 0 spiro atoms. The number of piperidine rings is 1. The number of rotatable bonds is 7. The molecule has 1 N–H and O–H groups in total. The number of aromatic nitrogens is 1. The summed E-state index contributed by atoms with van der Waals surface area (Å²) in [6.07, 6.45) is 6.46. The van der Waals surface area contributed by atoms with Gasteiger partial charge in [-0.3, -0.25) is 14.7 Å². The molecule has 1 saturated heterocycles. The van der Waals surface area contributed by atoms with Gasteiger partial charge in [0.25, 0.3) is 0 Å². The van der Waals surface area contributed by atoms with Crippen LogP contribution in [-0.4, -0.2) is 42.5 Å². The van der Waals surface area contributed by atoms with Gasteiger partial charge in [-0.2, -0.15) is 0 Å². The zero-order chi connectivity index (χ0) is 18.2. The number of benzene rings is 1. The lowest BCUT2D eigenvalue weighted by Gasteiger charge is -2.32. The number of carbonyl (C=O) groups is 1. The van der Waals surface area contributed by atoms with E-state index in [0.717, 1.165) is 37.5 Å². The van der Waals surface area contributed by atoms with Gasteiger partial charge in [0, 0.05) is 32.0 Å². The van der Waals surface area contributed by atoms with Crippen LogP contribution in [0.4, 0.5) is 0 Å². The summed E-state index contributed by atoms with van der Waals surface area (Å²) in [6.45, 7) is 3.87. The molecule has 138 valence electrons. The van der Waals surface area contributed by atoms with Gasteiger partial charge in [0.05, 0.1) is 13.5 Å². The van der Waals surface area contributed by atoms with Gasteiger partial charge in [-0.05, 0) is 60.7 Å². The minimum atomic E-state index is 0.0847. The lowest BCUT2D eigenvalue weighted by Crippen LogP contribution is -2.40. The Bertz CT molecular complexity index is 688. The maximum absolute atomic E-state index is 12.2. The summed E-state index contributed by atoms with van der Waals surface area (Å²) in [4.78, 5) is 18.8. The molecule has 2 heterocycles. The van der Waals surface area contributed by atoms with Crippen molar-refractivity contribution in [1.82, 2.24) is 15.2 Å². The Labute approximate surface area is 155 Å². The molecule has 0 aliphatic carbocycles. The highest BCUT2D eigenvalue weighted by Crippen LogP contribution is 2.18. The molecule has 1 aliphatic heterocycles. The quantitative estimate of drug-likeness (QED) is 0.831. The molecule has 2 aromatic rings. The molecule has 1 fully saturated rings. The van der Waals surface area contributed by atoms with Gasteiger partial charge < -0.3 is 10.1 Å². The normalized spacial score (nSPS) is 17.7. The third kappa shape index (κ3) is 5.56. The SMILES string of the molecule is COc1ccc(CC(=O)NCC2CCCN(Cc3ccncc3)C2)cc1. The second-order valence-corrected chi connectivity index (χ2v) is 6.93. The molecule has 5 heteroatoms. The van der Waals surface area contributed by atoms with Crippen LogP contribution in [0.3, 0.4) is 0 Å². The molecule has 1 aromatic heterocycles. The molecule has 1 aliphatic rings. The first kappa shape index (κ1) is 18.4. The van der Waals surface area contributed by atoms with Crippen molar-refractivity contribution in [2.24, 2.45) is 5.92 Å². The minimum Gasteiger partial charge on any atom is -0.497 e. The number of pyridine rings is 1. The van der Waals surface area contributed by atoms with Crippen LogP contribution in [0.2, 0.25) is 0 Å². The summed E-state index contributed by atoms with van der Waals surface area (Å²) >= 11 is 0. The van der Waals surface area contributed by atoms with Gasteiger partial charge >= 0.3 is 0 Å². The van der Waals surface area contributed by atoms with Crippen LogP contribution in [0.15, 0.2) is 48.8 Å². The Kier molecular flexibility index (Phi) is 6.61. The van der Waals surface area contributed by atoms with Crippen LogP contribution >= 0.6 is 0 Å². The van der Waals surface area contributed by atoms with Crippen LogP contribution in [0.5, 0.6) is 5.75 Å². The highest BCUT2D eigenvalue weighted by Gasteiger charge is 2.20. The van der Waals surface area contributed by atoms with E-state index in [2.05, 4.69) is 27.3 Å². The molecule has 0 bridgehead atoms. The minimum absolute atomic E-state index is 0.0847. The lowest BCUT2D eigenvalue weighted by molar-refractivity contribution is -0.120. The van der Waals surface area contributed by atoms with Crippen molar-refractivity contribution < 1.29 is 9.53 Å². The van der Waals surface area contributed by atoms with Gasteiger partial charge in [0.15, 0.2) is 0 Å². The maximum atomic E-state index is 12.2. The number of ether oxygens (including phenoxy) is 1. The number of carbonyl (C=O) groups excluding carboxylic acids is 1. The van der Waals surface area contributed by atoms with Crippen molar-refractivity contribution in [3.8, 4) is 5.75 Å². The summed E-state index contributed by atoms with van der Waals surface area (Å²) in [5.74, 6) is 1.41. The molecule has 26 heavy (non-hydrogen) atoms. The average Bonchev–Trinajstić information content (AvgIpc) is 2.68. The lowest BCUT2D eigenvalue weighted by atomic mass is 9.97. The van der Waals surface area contributed by atoms with Crippen LogP contribution in [0, 0.1) is 5.92 Å². The van der Waals surface area contributed by atoms with E-state index in [1.54, 1.807) is 7.11 Å². The number of methoxy groups -OCH3 is 1. The number of hydrogen-bond acceptors (Lipinski definition) is 4. The molecule has 1 unspecified atom stereocenters. The van der Waals surface area contributed by atoms with E-state index in [1.807, 2.05) is 36.7 Å². The smallest absolute Gasteiger partial charge is 0.224 e. The Balaban J connectivity index is 1.42. The van der Waals surface area contributed by atoms with E-state index >= 15 is 0 Å². The van der Waals surface area contributed by atoms with Crippen LogP contribution in [0.25, 0.3) is 0 Å². The fourth-order valence-electron chi connectivity index (χ4n) is 3.46. The second kappa shape index (κ2) is 9.34. The summed E-state index contributed by atoms with van der Waals surface area (Å²) in [5.41, 5.74) is 2.30. The largest absolute Gasteiger partial charge is 0.497 e. The number of likely N-dealkylation sites (tertiary alicyclic amines) is 1. The molecule has 5 nitrogen and oxygen atoms in total. The highest BCUT2D eigenvalue weighted by molar-refractivity contribution is 5.78. The monoisotopic (exact) mass is 353 g/mol. The fraction of sp³-hybridized carbons (Fsp3) is 0.429. The van der Waals surface area contributed by atoms with E-state index in [4.69, 9.17) is 4.74 Å². The molecular weight excluding hydrogens is 326 g/mol. The number of nitrogens with one attached hydrogen (secondary N) is 1. The molecule has 1 atom stereocenters. The zero-order valence-corrected chi connectivity index (χ0v) is 15.4. The van der Waals surface area contributed by atoms with E-state index in [1.165, 1.54) is 18.4 Å². The second-order valence-electron chi connectivity index (χ2n) is 6.93. The zero-order valence-electron chi connectivity index (χ0n) is 15.4. The van der Waals surface area contributed by atoms with Crippen molar-refractivity contribution in [3.63, 3.8) is 0 Å². The van der Waals surface area contributed by atoms with Crippen molar-refractivity contribution in [1.29, 1.82) is 0 Å². The van der Waals surface area contributed by atoms with Crippen molar-refractivity contribution in [2.45, 2.75) is 25.8 Å². The predicted molar refractivity (Wildman–Crippen MR) is 102 cm³/mol. The first-order chi connectivity index (χ1) is 12.7. The Morgan fingerprint density at radius 2 is 1.96 bits per heavy atom. The topological polar surface area (TPSA) is 54.5 Å². The maximum Gasteiger partial charge on any atom is 0.224 e. The number of amides is 1. The van der Waals surface area contributed by atoms with Crippen LogP contribution in [0.1, 0.15) is 24.0 Å². The fourth-order valence-corrected chi connectivity index (χ4v) is 3.46. The standard InChI is InChI=1S/C21H27N3O2/c1-26-20-6-4-17(5-7-20)13-21(25)23-14-19-3-2-12-24(16-19)15-18-8-10-22-11-9-18/h4-11,19H,2-3,12-16H2,1H3,(H,23,25). The molecule has 0 saturated carbocycles. The first-order valence-electron chi connectivity index (χ1n) is 9.24. The van der Waals surface area contributed by atoms with Gasteiger partial charge in [0.1, 0.15) is 5.75 Å². The average molecular weight is 353 g/mol. The van der Waals surface area contributed by atoms with E-state index in [0.29, 0.717) is 12.3 Å². The third-order valence-corrected chi connectivity index (χ3v) is 4.87. The number of hydrogen-bond donors (Lipinski definition) is 1. The van der Waals surface area contributed by atoms with Crippen LogP contribution in [-0.2, 0) is 17.8 Å².